The Morgan fingerprint density at radius 2 is 2.27 bits per heavy atom. The van der Waals surface area contributed by atoms with Crippen LogP contribution < -0.4 is 0 Å². The van der Waals surface area contributed by atoms with E-state index in [-0.39, 0.29) is 0 Å². The van der Waals surface area contributed by atoms with Crippen molar-refractivity contribution >= 4 is 11.6 Å². The molecule has 58 valence electrons. The highest BCUT2D eigenvalue weighted by Gasteiger charge is 2.26. The minimum atomic E-state index is 0.591. The Bertz CT molecular complexity index is 281. The largest absolute Gasteiger partial charge is 0.241 e. The summed E-state index contributed by atoms with van der Waals surface area (Å²) >= 11 is 5.83. The summed E-state index contributed by atoms with van der Waals surface area (Å²) in [4.78, 5) is 8.39. The first-order valence-electron chi connectivity index (χ1n) is 3.76. The van der Waals surface area contributed by atoms with Gasteiger partial charge in [0.05, 0.1) is 0 Å². The van der Waals surface area contributed by atoms with E-state index in [9.17, 15) is 0 Å². The van der Waals surface area contributed by atoms with Gasteiger partial charge >= 0.3 is 0 Å². The molecule has 0 atom stereocenters. The maximum atomic E-state index is 5.83. The molecular formula is C8H9ClN2. The summed E-state index contributed by atoms with van der Waals surface area (Å²) in [5.74, 6) is 1.51. The summed E-state index contributed by atoms with van der Waals surface area (Å²) < 4.78 is 0. The molecule has 1 aromatic rings. The van der Waals surface area contributed by atoms with Gasteiger partial charge in [0.15, 0.2) is 0 Å². The van der Waals surface area contributed by atoms with Gasteiger partial charge in [0, 0.05) is 17.7 Å². The fourth-order valence-electron chi connectivity index (χ4n) is 0.972. The standard InChI is InChI=1S/C8H9ClN2/c1-5-4-10-8(6-2-3-6)11-7(5)9/h4,6H,2-3H2,1H3. The van der Waals surface area contributed by atoms with Crippen molar-refractivity contribution in [3.8, 4) is 0 Å². The molecule has 1 heterocycles. The highest BCUT2D eigenvalue weighted by molar-refractivity contribution is 6.30. The molecule has 0 aliphatic heterocycles. The molecule has 0 N–H and O–H groups in total. The number of aromatic nitrogens is 2. The second kappa shape index (κ2) is 2.45. The summed E-state index contributed by atoms with van der Waals surface area (Å²) in [5, 5.41) is 0.599. The molecule has 0 radical (unpaired) electrons. The maximum absolute atomic E-state index is 5.83. The molecule has 11 heavy (non-hydrogen) atoms. The number of hydrogen-bond acceptors (Lipinski definition) is 2. The molecule has 0 bridgehead atoms. The fraction of sp³-hybridized carbons (Fsp3) is 0.500. The highest BCUT2D eigenvalue weighted by atomic mass is 35.5. The van der Waals surface area contributed by atoms with Crippen molar-refractivity contribution in [2.24, 2.45) is 0 Å². The number of hydrogen-bond donors (Lipinski definition) is 0. The van der Waals surface area contributed by atoms with E-state index in [2.05, 4.69) is 9.97 Å². The molecule has 1 aliphatic carbocycles. The van der Waals surface area contributed by atoms with Crippen LogP contribution in [0.25, 0.3) is 0 Å². The van der Waals surface area contributed by atoms with Gasteiger partial charge in [0.1, 0.15) is 11.0 Å². The minimum absolute atomic E-state index is 0.591. The van der Waals surface area contributed by atoms with E-state index in [1.165, 1.54) is 12.8 Å². The molecule has 1 saturated carbocycles. The third kappa shape index (κ3) is 1.36. The number of rotatable bonds is 1. The van der Waals surface area contributed by atoms with Crippen LogP contribution in [-0.4, -0.2) is 9.97 Å². The van der Waals surface area contributed by atoms with E-state index in [0.717, 1.165) is 11.4 Å². The van der Waals surface area contributed by atoms with Gasteiger partial charge in [-0.15, -0.1) is 0 Å². The van der Waals surface area contributed by atoms with Crippen molar-refractivity contribution in [2.75, 3.05) is 0 Å². The zero-order chi connectivity index (χ0) is 7.84. The smallest absolute Gasteiger partial charge is 0.135 e. The van der Waals surface area contributed by atoms with Crippen LogP contribution in [0.5, 0.6) is 0 Å². The van der Waals surface area contributed by atoms with Gasteiger partial charge in [-0.3, -0.25) is 0 Å². The SMILES string of the molecule is Cc1cnc(C2CC2)nc1Cl. The predicted molar refractivity (Wildman–Crippen MR) is 43.8 cm³/mol. The Morgan fingerprint density at radius 1 is 1.55 bits per heavy atom. The van der Waals surface area contributed by atoms with Crippen LogP contribution in [0.3, 0.4) is 0 Å². The Labute approximate surface area is 70.6 Å². The number of nitrogens with zero attached hydrogens (tertiary/aromatic N) is 2. The van der Waals surface area contributed by atoms with E-state index < -0.39 is 0 Å². The molecule has 1 aromatic heterocycles. The summed E-state index contributed by atoms with van der Waals surface area (Å²) in [6.45, 7) is 1.92. The van der Waals surface area contributed by atoms with Crippen LogP contribution in [-0.2, 0) is 0 Å². The van der Waals surface area contributed by atoms with Crippen LogP contribution in [0.4, 0.5) is 0 Å². The third-order valence-electron chi connectivity index (χ3n) is 1.87. The Hall–Kier alpha value is -0.630. The number of aryl methyl sites for hydroxylation is 1. The second-order valence-electron chi connectivity index (χ2n) is 2.98. The topological polar surface area (TPSA) is 25.8 Å². The summed E-state index contributed by atoms with van der Waals surface area (Å²) in [6.07, 6.45) is 4.24. The van der Waals surface area contributed by atoms with Gasteiger partial charge < -0.3 is 0 Å². The lowest BCUT2D eigenvalue weighted by molar-refractivity contribution is 0.917. The van der Waals surface area contributed by atoms with Crippen molar-refractivity contribution in [1.29, 1.82) is 0 Å². The lowest BCUT2D eigenvalue weighted by Crippen LogP contribution is -1.93. The van der Waals surface area contributed by atoms with E-state index in [0.29, 0.717) is 11.1 Å². The third-order valence-corrected chi connectivity index (χ3v) is 2.25. The Balaban J connectivity index is 2.36. The second-order valence-corrected chi connectivity index (χ2v) is 3.33. The summed E-state index contributed by atoms with van der Waals surface area (Å²) in [5.41, 5.74) is 0.955. The molecule has 1 aliphatic rings. The first kappa shape index (κ1) is 7.04. The van der Waals surface area contributed by atoms with E-state index in [4.69, 9.17) is 11.6 Å². The van der Waals surface area contributed by atoms with Crippen molar-refractivity contribution in [3.05, 3.63) is 22.7 Å². The molecule has 0 unspecified atom stereocenters. The van der Waals surface area contributed by atoms with E-state index >= 15 is 0 Å². The van der Waals surface area contributed by atoms with Crippen LogP contribution >= 0.6 is 11.6 Å². The Kier molecular flexibility index (Phi) is 1.57. The maximum Gasteiger partial charge on any atom is 0.135 e. The van der Waals surface area contributed by atoms with Gasteiger partial charge in [-0.2, -0.15) is 0 Å². The van der Waals surface area contributed by atoms with Gasteiger partial charge in [-0.25, -0.2) is 9.97 Å². The van der Waals surface area contributed by atoms with Crippen LogP contribution in [0.15, 0.2) is 6.20 Å². The van der Waals surface area contributed by atoms with Crippen molar-refractivity contribution in [2.45, 2.75) is 25.7 Å². The Morgan fingerprint density at radius 3 is 2.82 bits per heavy atom. The molecule has 2 nitrogen and oxygen atoms in total. The monoisotopic (exact) mass is 168 g/mol. The van der Waals surface area contributed by atoms with Crippen LogP contribution in [0.1, 0.15) is 30.1 Å². The van der Waals surface area contributed by atoms with Gasteiger partial charge in [-0.1, -0.05) is 11.6 Å². The molecule has 3 heteroatoms. The van der Waals surface area contributed by atoms with Gasteiger partial charge in [0.25, 0.3) is 0 Å². The lowest BCUT2D eigenvalue weighted by atomic mass is 10.3. The van der Waals surface area contributed by atoms with Gasteiger partial charge in [-0.05, 0) is 19.8 Å². The molecule has 0 aromatic carbocycles. The minimum Gasteiger partial charge on any atom is -0.241 e. The predicted octanol–water partition coefficient (Wildman–Crippen LogP) is 2.32. The molecular weight excluding hydrogens is 160 g/mol. The van der Waals surface area contributed by atoms with Gasteiger partial charge in [0.2, 0.25) is 0 Å². The van der Waals surface area contributed by atoms with Crippen molar-refractivity contribution in [1.82, 2.24) is 9.97 Å². The first-order valence-corrected chi connectivity index (χ1v) is 4.14. The van der Waals surface area contributed by atoms with Crippen molar-refractivity contribution < 1.29 is 0 Å². The molecule has 0 saturated heterocycles. The summed E-state index contributed by atoms with van der Waals surface area (Å²) in [7, 11) is 0. The average Bonchev–Trinajstić information content (AvgIpc) is 2.77. The molecule has 2 rings (SSSR count). The summed E-state index contributed by atoms with van der Waals surface area (Å²) in [6, 6.07) is 0. The number of halogens is 1. The normalized spacial score (nSPS) is 16.9. The molecule has 0 amide bonds. The quantitative estimate of drug-likeness (QED) is 0.602. The zero-order valence-corrected chi connectivity index (χ0v) is 7.10. The first-order chi connectivity index (χ1) is 5.27. The highest BCUT2D eigenvalue weighted by Crippen LogP contribution is 2.38. The van der Waals surface area contributed by atoms with E-state index in [1.54, 1.807) is 6.20 Å². The molecule has 0 spiro atoms. The van der Waals surface area contributed by atoms with E-state index in [1.807, 2.05) is 6.92 Å². The van der Waals surface area contributed by atoms with Crippen molar-refractivity contribution in [3.63, 3.8) is 0 Å². The molecule has 1 fully saturated rings. The average molecular weight is 169 g/mol. The van der Waals surface area contributed by atoms with Crippen LogP contribution in [0, 0.1) is 6.92 Å². The fourth-order valence-corrected chi connectivity index (χ4v) is 1.11. The lowest BCUT2D eigenvalue weighted by Gasteiger charge is -1.98. The van der Waals surface area contributed by atoms with Crippen LogP contribution in [0.2, 0.25) is 5.15 Å². The zero-order valence-electron chi connectivity index (χ0n) is 6.34.